The molecule has 0 N–H and O–H groups in total. The fourth-order valence-electron chi connectivity index (χ4n) is 4.96. The van der Waals surface area contributed by atoms with Gasteiger partial charge in [0.1, 0.15) is 0 Å². The predicted molar refractivity (Wildman–Crippen MR) is 159 cm³/mol. The van der Waals surface area contributed by atoms with Crippen LogP contribution in [0.4, 0.5) is 0 Å². The Kier molecular flexibility index (Phi) is 22.0. The van der Waals surface area contributed by atoms with Crippen LogP contribution in [-0.4, -0.2) is 32.2 Å². The molecule has 210 valence electrons. The van der Waals surface area contributed by atoms with Crippen molar-refractivity contribution in [1.29, 1.82) is 0 Å². The van der Waals surface area contributed by atoms with E-state index in [1.807, 2.05) is 0 Å². The number of benzene rings is 1. The topological polar surface area (TPSA) is 21.7 Å². The van der Waals surface area contributed by atoms with Gasteiger partial charge in [-0.1, -0.05) is 135 Å². The number of rotatable bonds is 26. The van der Waals surface area contributed by atoms with Gasteiger partial charge in [-0.05, 0) is 44.1 Å². The Morgan fingerprint density at radius 2 is 1.06 bits per heavy atom. The molecule has 0 saturated heterocycles. The van der Waals surface area contributed by atoms with E-state index in [4.69, 9.17) is 9.47 Å². The highest BCUT2D eigenvalue weighted by Crippen LogP contribution is 2.29. The molecule has 0 heterocycles. The molecular weight excluding hydrogens is 442 g/mol. The minimum absolute atomic E-state index is 0.783. The van der Waals surface area contributed by atoms with Crippen LogP contribution < -0.4 is 9.47 Å². The lowest BCUT2D eigenvalue weighted by Crippen LogP contribution is -2.19. The molecule has 3 heteroatoms. The van der Waals surface area contributed by atoms with Gasteiger partial charge >= 0.3 is 0 Å². The SMILES string of the molecule is CCCCCCCCCCCCOc1ccc(CN(C)CCCCCCCCCCCC)cc1OC. The largest absolute Gasteiger partial charge is 0.493 e. The van der Waals surface area contributed by atoms with Gasteiger partial charge in [-0.25, -0.2) is 0 Å². The van der Waals surface area contributed by atoms with Crippen molar-refractivity contribution < 1.29 is 9.47 Å². The molecule has 0 fully saturated rings. The molecule has 36 heavy (non-hydrogen) atoms. The molecular formula is C33H61NO2. The zero-order valence-electron chi connectivity index (χ0n) is 24.8. The number of ether oxygens (including phenoxy) is 2. The minimum atomic E-state index is 0.783. The van der Waals surface area contributed by atoms with E-state index in [1.54, 1.807) is 7.11 Å². The monoisotopic (exact) mass is 503 g/mol. The molecule has 0 aromatic heterocycles. The molecule has 1 rings (SSSR count). The first-order valence-electron chi connectivity index (χ1n) is 15.7. The van der Waals surface area contributed by atoms with Gasteiger partial charge in [-0.15, -0.1) is 0 Å². The van der Waals surface area contributed by atoms with Gasteiger partial charge in [0, 0.05) is 6.54 Å². The van der Waals surface area contributed by atoms with Crippen molar-refractivity contribution in [3.63, 3.8) is 0 Å². The maximum Gasteiger partial charge on any atom is 0.161 e. The van der Waals surface area contributed by atoms with Crippen LogP contribution in [0.2, 0.25) is 0 Å². The van der Waals surface area contributed by atoms with E-state index in [0.717, 1.165) is 37.6 Å². The standard InChI is InChI=1S/C33H61NO2/c1-5-7-9-11-13-15-17-19-21-23-27-34(3)30-31-25-26-32(33(29-31)35-4)36-28-24-22-20-18-16-14-12-10-8-6-2/h25-26,29H,5-24,27-28,30H2,1-4H3. The van der Waals surface area contributed by atoms with E-state index in [2.05, 4.69) is 44.0 Å². The molecule has 0 amide bonds. The third-order valence-corrected chi connectivity index (χ3v) is 7.33. The smallest absolute Gasteiger partial charge is 0.161 e. The van der Waals surface area contributed by atoms with Crippen LogP contribution in [0.15, 0.2) is 18.2 Å². The van der Waals surface area contributed by atoms with Crippen LogP contribution in [0.5, 0.6) is 11.5 Å². The normalized spacial score (nSPS) is 11.4. The van der Waals surface area contributed by atoms with Crippen LogP contribution in [0.3, 0.4) is 0 Å². The molecule has 0 aliphatic heterocycles. The highest BCUT2D eigenvalue weighted by molar-refractivity contribution is 5.42. The van der Waals surface area contributed by atoms with Crippen molar-refractivity contribution in [3.8, 4) is 11.5 Å². The quantitative estimate of drug-likeness (QED) is 0.117. The number of hydrogen-bond acceptors (Lipinski definition) is 3. The van der Waals surface area contributed by atoms with E-state index in [9.17, 15) is 0 Å². The Bertz CT molecular complexity index is 603. The summed E-state index contributed by atoms with van der Waals surface area (Å²) in [5.74, 6) is 1.75. The maximum absolute atomic E-state index is 6.06. The summed E-state index contributed by atoms with van der Waals surface area (Å²) in [7, 11) is 3.98. The Hall–Kier alpha value is -1.22. The van der Waals surface area contributed by atoms with Crippen molar-refractivity contribution in [2.75, 3.05) is 27.3 Å². The zero-order valence-corrected chi connectivity index (χ0v) is 24.8. The summed E-state index contributed by atoms with van der Waals surface area (Å²) < 4.78 is 11.7. The van der Waals surface area contributed by atoms with Gasteiger partial charge in [-0.2, -0.15) is 0 Å². The molecule has 0 unspecified atom stereocenters. The van der Waals surface area contributed by atoms with Crippen molar-refractivity contribution in [2.24, 2.45) is 0 Å². The Labute approximate surface area is 225 Å². The third kappa shape index (κ3) is 18.1. The molecule has 3 nitrogen and oxygen atoms in total. The zero-order chi connectivity index (χ0) is 26.1. The van der Waals surface area contributed by atoms with Crippen molar-refractivity contribution in [2.45, 2.75) is 149 Å². The van der Waals surface area contributed by atoms with E-state index in [1.165, 1.54) is 128 Å². The summed E-state index contributed by atoms with van der Waals surface area (Å²) in [5, 5.41) is 0. The summed E-state index contributed by atoms with van der Waals surface area (Å²) in [5.41, 5.74) is 1.30. The van der Waals surface area contributed by atoms with Crippen LogP contribution >= 0.6 is 0 Å². The van der Waals surface area contributed by atoms with Gasteiger partial charge in [0.2, 0.25) is 0 Å². The third-order valence-electron chi connectivity index (χ3n) is 7.33. The van der Waals surface area contributed by atoms with Crippen LogP contribution in [0.1, 0.15) is 148 Å². The fourth-order valence-corrected chi connectivity index (χ4v) is 4.96. The lowest BCUT2D eigenvalue weighted by molar-refractivity contribution is 0.283. The average Bonchev–Trinajstić information content (AvgIpc) is 2.89. The number of hydrogen-bond donors (Lipinski definition) is 0. The molecule has 0 spiro atoms. The Balaban J connectivity index is 2.12. The number of nitrogens with zero attached hydrogens (tertiary/aromatic N) is 1. The molecule has 0 saturated carbocycles. The number of unbranched alkanes of at least 4 members (excludes halogenated alkanes) is 18. The van der Waals surface area contributed by atoms with Gasteiger partial charge in [0.25, 0.3) is 0 Å². The average molecular weight is 504 g/mol. The molecule has 0 aliphatic carbocycles. The fraction of sp³-hybridized carbons (Fsp3) is 0.818. The molecule has 0 aliphatic rings. The van der Waals surface area contributed by atoms with Crippen LogP contribution in [-0.2, 0) is 6.54 Å². The summed E-state index contributed by atoms with van der Waals surface area (Å²) in [6.07, 6.45) is 27.4. The highest BCUT2D eigenvalue weighted by atomic mass is 16.5. The minimum Gasteiger partial charge on any atom is -0.493 e. The van der Waals surface area contributed by atoms with Gasteiger partial charge in [0.15, 0.2) is 11.5 Å². The summed E-state index contributed by atoms with van der Waals surface area (Å²) >= 11 is 0. The highest BCUT2D eigenvalue weighted by Gasteiger charge is 2.08. The summed E-state index contributed by atoms with van der Waals surface area (Å²) in [6, 6.07) is 6.45. The van der Waals surface area contributed by atoms with E-state index in [0.29, 0.717) is 0 Å². The van der Waals surface area contributed by atoms with Crippen LogP contribution in [0, 0.1) is 0 Å². The summed E-state index contributed by atoms with van der Waals surface area (Å²) in [6.45, 7) is 7.48. The van der Waals surface area contributed by atoms with Gasteiger partial charge in [0.05, 0.1) is 13.7 Å². The lowest BCUT2D eigenvalue weighted by atomic mass is 10.1. The maximum atomic E-state index is 6.06. The lowest BCUT2D eigenvalue weighted by Gasteiger charge is -2.18. The Morgan fingerprint density at radius 1 is 0.583 bits per heavy atom. The van der Waals surface area contributed by atoms with Crippen LogP contribution in [0.25, 0.3) is 0 Å². The van der Waals surface area contributed by atoms with Gasteiger partial charge < -0.3 is 14.4 Å². The molecule has 1 aromatic rings. The van der Waals surface area contributed by atoms with E-state index >= 15 is 0 Å². The Morgan fingerprint density at radius 3 is 1.56 bits per heavy atom. The van der Waals surface area contributed by atoms with Gasteiger partial charge in [-0.3, -0.25) is 0 Å². The molecule has 1 aromatic carbocycles. The number of methoxy groups -OCH3 is 1. The second-order valence-corrected chi connectivity index (χ2v) is 10.9. The molecule has 0 bridgehead atoms. The first kappa shape index (κ1) is 32.8. The van der Waals surface area contributed by atoms with Crippen molar-refractivity contribution in [1.82, 2.24) is 4.90 Å². The van der Waals surface area contributed by atoms with Crippen molar-refractivity contribution in [3.05, 3.63) is 23.8 Å². The summed E-state index contributed by atoms with van der Waals surface area (Å²) in [4.78, 5) is 2.43. The molecule has 0 atom stereocenters. The predicted octanol–water partition coefficient (Wildman–Crippen LogP) is 10.3. The van der Waals surface area contributed by atoms with Crippen molar-refractivity contribution >= 4 is 0 Å². The second-order valence-electron chi connectivity index (χ2n) is 10.9. The molecule has 0 radical (unpaired) electrons. The van der Waals surface area contributed by atoms with E-state index < -0.39 is 0 Å². The first-order valence-corrected chi connectivity index (χ1v) is 15.7. The first-order chi connectivity index (χ1) is 17.7. The van der Waals surface area contributed by atoms with E-state index in [-0.39, 0.29) is 0 Å². The second kappa shape index (κ2) is 24.1.